The second-order valence-electron chi connectivity index (χ2n) is 3.72. The molecule has 5 nitrogen and oxygen atoms in total. The van der Waals surface area contributed by atoms with Gasteiger partial charge in [-0.2, -0.15) is 5.10 Å². The summed E-state index contributed by atoms with van der Waals surface area (Å²) in [4.78, 5) is 11.8. The van der Waals surface area contributed by atoms with Crippen molar-refractivity contribution in [2.45, 2.75) is 6.92 Å². The molecule has 1 amide bonds. The van der Waals surface area contributed by atoms with Crippen LogP contribution in [0.2, 0.25) is 0 Å². The summed E-state index contributed by atoms with van der Waals surface area (Å²) in [6.07, 6.45) is 4.58. The highest BCUT2D eigenvalue weighted by atomic mass is 16.5. The standard InChI is InChI=1S/C14H14N2O3/c1-2-19-13-5-3-4-12(8-13)14(17)16-15-9-11-6-7-18-10-11/h3-10H,2H2,1H3,(H,16,17)/b15-9-. The number of hydrogen-bond acceptors (Lipinski definition) is 4. The van der Waals surface area contributed by atoms with Crippen molar-refractivity contribution >= 4 is 12.1 Å². The Morgan fingerprint density at radius 2 is 2.37 bits per heavy atom. The molecule has 1 aromatic heterocycles. The zero-order valence-electron chi connectivity index (χ0n) is 10.5. The highest BCUT2D eigenvalue weighted by molar-refractivity contribution is 5.95. The van der Waals surface area contributed by atoms with Gasteiger partial charge in [0.25, 0.3) is 5.91 Å². The molecule has 1 N–H and O–H groups in total. The first kappa shape index (κ1) is 12.9. The number of hydrazone groups is 1. The lowest BCUT2D eigenvalue weighted by molar-refractivity contribution is 0.0954. The molecule has 0 saturated carbocycles. The highest BCUT2D eigenvalue weighted by Gasteiger charge is 2.05. The van der Waals surface area contributed by atoms with Crippen LogP contribution in [0.15, 0.2) is 52.4 Å². The molecular formula is C14H14N2O3. The van der Waals surface area contributed by atoms with E-state index < -0.39 is 0 Å². The van der Waals surface area contributed by atoms with Gasteiger partial charge in [0.05, 0.1) is 25.3 Å². The van der Waals surface area contributed by atoms with Crippen molar-refractivity contribution in [3.8, 4) is 5.75 Å². The van der Waals surface area contributed by atoms with Gasteiger partial charge >= 0.3 is 0 Å². The second kappa shape index (κ2) is 6.39. The molecule has 0 aliphatic rings. The molecule has 0 bridgehead atoms. The predicted molar refractivity (Wildman–Crippen MR) is 71.4 cm³/mol. The Balaban J connectivity index is 1.97. The van der Waals surface area contributed by atoms with Crippen LogP contribution >= 0.6 is 0 Å². The van der Waals surface area contributed by atoms with Crippen molar-refractivity contribution in [3.05, 3.63) is 54.0 Å². The number of hydrogen-bond donors (Lipinski definition) is 1. The maximum Gasteiger partial charge on any atom is 0.271 e. The Kier molecular flexibility index (Phi) is 4.34. The summed E-state index contributed by atoms with van der Waals surface area (Å²) in [6.45, 7) is 2.45. The van der Waals surface area contributed by atoms with E-state index in [4.69, 9.17) is 9.15 Å². The third-order valence-corrected chi connectivity index (χ3v) is 2.33. The minimum Gasteiger partial charge on any atom is -0.494 e. The third-order valence-electron chi connectivity index (χ3n) is 2.33. The Bertz CT molecular complexity index is 562. The van der Waals surface area contributed by atoms with Gasteiger partial charge in [-0.25, -0.2) is 5.43 Å². The van der Waals surface area contributed by atoms with Crippen LogP contribution in [-0.2, 0) is 0 Å². The number of furan rings is 1. The van der Waals surface area contributed by atoms with Crippen LogP contribution in [0.25, 0.3) is 0 Å². The van der Waals surface area contributed by atoms with Gasteiger partial charge in [-0.05, 0) is 31.2 Å². The highest BCUT2D eigenvalue weighted by Crippen LogP contribution is 2.13. The normalized spacial score (nSPS) is 10.6. The number of rotatable bonds is 5. The van der Waals surface area contributed by atoms with E-state index in [0.29, 0.717) is 17.9 Å². The first-order valence-corrected chi connectivity index (χ1v) is 5.88. The molecule has 1 heterocycles. The molecule has 19 heavy (non-hydrogen) atoms. The number of nitrogens with one attached hydrogen (secondary N) is 1. The van der Waals surface area contributed by atoms with Gasteiger partial charge in [-0.15, -0.1) is 0 Å². The lowest BCUT2D eigenvalue weighted by Gasteiger charge is -2.04. The summed E-state index contributed by atoms with van der Waals surface area (Å²) in [7, 11) is 0. The molecule has 0 unspecified atom stereocenters. The van der Waals surface area contributed by atoms with Crippen LogP contribution in [0.4, 0.5) is 0 Å². The van der Waals surface area contributed by atoms with Gasteiger partial charge < -0.3 is 9.15 Å². The van der Waals surface area contributed by atoms with Gasteiger partial charge in [0.2, 0.25) is 0 Å². The predicted octanol–water partition coefficient (Wildman–Crippen LogP) is 2.44. The molecule has 1 aromatic carbocycles. The molecule has 0 spiro atoms. The van der Waals surface area contributed by atoms with Crippen molar-refractivity contribution in [3.63, 3.8) is 0 Å². The van der Waals surface area contributed by atoms with E-state index in [1.807, 2.05) is 6.92 Å². The number of amides is 1. The van der Waals surface area contributed by atoms with Crippen LogP contribution < -0.4 is 10.2 Å². The fraction of sp³-hybridized carbons (Fsp3) is 0.143. The summed E-state index contributed by atoms with van der Waals surface area (Å²) >= 11 is 0. The van der Waals surface area contributed by atoms with E-state index >= 15 is 0 Å². The summed E-state index contributed by atoms with van der Waals surface area (Å²) in [5.74, 6) is 0.371. The van der Waals surface area contributed by atoms with Crippen molar-refractivity contribution in [2.75, 3.05) is 6.61 Å². The van der Waals surface area contributed by atoms with Crippen LogP contribution in [0, 0.1) is 0 Å². The molecule has 0 fully saturated rings. The average Bonchev–Trinajstić information content (AvgIpc) is 2.92. The smallest absolute Gasteiger partial charge is 0.271 e. The van der Waals surface area contributed by atoms with E-state index in [0.717, 1.165) is 5.56 Å². The summed E-state index contributed by atoms with van der Waals surface area (Å²) in [5, 5.41) is 3.84. The van der Waals surface area contributed by atoms with Crippen LogP contribution in [-0.4, -0.2) is 18.7 Å². The zero-order chi connectivity index (χ0) is 13.5. The molecule has 0 aliphatic carbocycles. The first-order chi connectivity index (χ1) is 9.29. The summed E-state index contributed by atoms with van der Waals surface area (Å²) < 4.78 is 10.2. The molecule has 0 aliphatic heterocycles. The summed E-state index contributed by atoms with van der Waals surface area (Å²) in [5.41, 5.74) is 3.72. The maximum absolute atomic E-state index is 11.8. The number of nitrogens with zero attached hydrogens (tertiary/aromatic N) is 1. The molecule has 2 aromatic rings. The van der Waals surface area contributed by atoms with Gasteiger partial charge in [-0.1, -0.05) is 6.07 Å². The lowest BCUT2D eigenvalue weighted by Crippen LogP contribution is -2.17. The Morgan fingerprint density at radius 1 is 1.47 bits per heavy atom. The zero-order valence-corrected chi connectivity index (χ0v) is 10.5. The van der Waals surface area contributed by atoms with Crippen molar-refractivity contribution in [2.24, 2.45) is 5.10 Å². The van der Waals surface area contributed by atoms with E-state index in [-0.39, 0.29) is 5.91 Å². The number of carbonyl (C=O) groups is 1. The minimum atomic E-state index is -0.290. The van der Waals surface area contributed by atoms with Gasteiger partial charge in [0, 0.05) is 11.1 Å². The van der Waals surface area contributed by atoms with Crippen LogP contribution in [0.3, 0.4) is 0 Å². The number of benzene rings is 1. The SMILES string of the molecule is CCOc1cccc(C(=O)N/N=C\c2ccoc2)c1. The van der Waals surface area contributed by atoms with Crippen molar-refractivity contribution in [1.82, 2.24) is 5.43 Å². The van der Waals surface area contributed by atoms with Gasteiger partial charge in [-0.3, -0.25) is 4.79 Å². The summed E-state index contributed by atoms with van der Waals surface area (Å²) in [6, 6.07) is 8.68. The first-order valence-electron chi connectivity index (χ1n) is 5.88. The average molecular weight is 258 g/mol. The van der Waals surface area contributed by atoms with E-state index in [9.17, 15) is 4.79 Å². The van der Waals surface area contributed by atoms with Crippen molar-refractivity contribution < 1.29 is 13.9 Å². The molecule has 0 atom stereocenters. The quantitative estimate of drug-likeness (QED) is 0.661. The van der Waals surface area contributed by atoms with E-state index in [1.54, 1.807) is 30.3 Å². The fourth-order valence-electron chi connectivity index (χ4n) is 1.47. The lowest BCUT2D eigenvalue weighted by atomic mass is 10.2. The van der Waals surface area contributed by atoms with E-state index in [2.05, 4.69) is 10.5 Å². The molecule has 0 radical (unpaired) electrons. The molecule has 0 saturated heterocycles. The second-order valence-corrected chi connectivity index (χ2v) is 3.72. The maximum atomic E-state index is 11.8. The molecule has 2 rings (SSSR count). The monoisotopic (exact) mass is 258 g/mol. The largest absolute Gasteiger partial charge is 0.494 e. The van der Waals surface area contributed by atoms with Crippen LogP contribution in [0.5, 0.6) is 5.75 Å². The molecular weight excluding hydrogens is 244 g/mol. The van der Waals surface area contributed by atoms with Gasteiger partial charge in [0.15, 0.2) is 0 Å². The van der Waals surface area contributed by atoms with Gasteiger partial charge in [0.1, 0.15) is 5.75 Å². The van der Waals surface area contributed by atoms with Crippen molar-refractivity contribution in [1.29, 1.82) is 0 Å². The van der Waals surface area contributed by atoms with Crippen LogP contribution in [0.1, 0.15) is 22.8 Å². The molecule has 98 valence electrons. The number of ether oxygens (including phenoxy) is 1. The minimum absolute atomic E-state index is 0.290. The fourth-order valence-corrected chi connectivity index (χ4v) is 1.47. The third kappa shape index (κ3) is 3.70. The Labute approximate surface area is 110 Å². The molecule has 5 heteroatoms. The topological polar surface area (TPSA) is 63.8 Å². The van der Waals surface area contributed by atoms with E-state index in [1.165, 1.54) is 18.7 Å². The Morgan fingerprint density at radius 3 is 3.11 bits per heavy atom. The number of carbonyl (C=O) groups excluding carboxylic acids is 1. The Hall–Kier alpha value is -2.56.